The van der Waals surface area contributed by atoms with Crippen LogP contribution in [0.25, 0.3) is 0 Å². The van der Waals surface area contributed by atoms with Crippen LogP contribution in [0.4, 0.5) is 4.79 Å². The first-order valence-electron chi connectivity index (χ1n) is 8.88. The number of hydrogen-bond acceptors (Lipinski definition) is 2. The van der Waals surface area contributed by atoms with Gasteiger partial charge in [0.1, 0.15) is 0 Å². The lowest BCUT2D eigenvalue weighted by Crippen LogP contribution is -2.43. The number of urea groups is 1. The first kappa shape index (κ1) is 17.0. The summed E-state index contributed by atoms with van der Waals surface area (Å²) in [5.41, 5.74) is 1.48. The third-order valence-corrected chi connectivity index (χ3v) is 6.08. The Morgan fingerprint density at radius 1 is 1.04 bits per heavy atom. The summed E-state index contributed by atoms with van der Waals surface area (Å²) in [6.45, 7) is 1.46. The molecule has 0 spiro atoms. The summed E-state index contributed by atoms with van der Waals surface area (Å²) in [7, 11) is 0. The van der Waals surface area contributed by atoms with Crippen molar-refractivity contribution in [3.63, 3.8) is 0 Å². The van der Waals surface area contributed by atoms with Crippen molar-refractivity contribution in [1.82, 2.24) is 10.6 Å². The molecule has 1 saturated carbocycles. The molecule has 3 rings (SSSR count). The van der Waals surface area contributed by atoms with Gasteiger partial charge >= 0.3 is 6.03 Å². The summed E-state index contributed by atoms with van der Waals surface area (Å²) in [5, 5.41) is 8.24. The second-order valence-corrected chi connectivity index (χ2v) is 7.61. The molecule has 0 unspecified atom stereocenters. The molecule has 0 atom stereocenters. The second kappa shape index (κ2) is 8.34. The molecule has 1 aliphatic rings. The van der Waals surface area contributed by atoms with E-state index in [1.807, 2.05) is 17.4 Å². The minimum absolute atomic E-state index is 0.0362. The summed E-state index contributed by atoms with van der Waals surface area (Å²) in [4.78, 5) is 13.5. The fraction of sp³-hybridized carbons (Fsp3) is 0.450. The van der Waals surface area contributed by atoms with Gasteiger partial charge in [0.25, 0.3) is 0 Å². The van der Waals surface area contributed by atoms with Gasteiger partial charge in [0.2, 0.25) is 0 Å². The van der Waals surface area contributed by atoms with Crippen molar-refractivity contribution in [3.8, 4) is 0 Å². The van der Waals surface area contributed by atoms with Crippen LogP contribution in [0.3, 0.4) is 0 Å². The maximum Gasteiger partial charge on any atom is 0.314 e. The van der Waals surface area contributed by atoms with E-state index in [0.29, 0.717) is 6.54 Å². The van der Waals surface area contributed by atoms with Crippen LogP contribution >= 0.6 is 11.3 Å². The Kier molecular flexibility index (Phi) is 5.91. The maximum atomic E-state index is 12.1. The van der Waals surface area contributed by atoms with Gasteiger partial charge in [0.15, 0.2) is 0 Å². The van der Waals surface area contributed by atoms with Crippen LogP contribution < -0.4 is 10.6 Å². The van der Waals surface area contributed by atoms with Gasteiger partial charge in [-0.05, 0) is 42.7 Å². The van der Waals surface area contributed by atoms with Gasteiger partial charge in [-0.15, -0.1) is 11.3 Å². The van der Waals surface area contributed by atoms with Crippen LogP contribution in [0.2, 0.25) is 0 Å². The lowest BCUT2D eigenvalue weighted by Gasteiger charge is -2.28. The average Bonchev–Trinajstić information content (AvgIpc) is 3.30. The average molecular weight is 343 g/mol. The van der Waals surface area contributed by atoms with Gasteiger partial charge in [-0.25, -0.2) is 4.79 Å². The molecule has 1 heterocycles. The first-order valence-corrected chi connectivity index (χ1v) is 9.76. The number of carbonyl (C=O) groups excluding carboxylic acids is 1. The summed E-state index contributed by atoms with van der Waals surface area (Å²) < 4.78 is 0. The lowest BCUT2D eigenvalue weighted by molar-refractivity contribution is 0.237. The zero-order valence-electron chi connectivity index (χ0n) is 14.1. The minimum Gasteiger partial charge on any atom is -0.338 e. The van der Waals surface area contributed by atoms with Crippen LogP contribution in [-0.4, -0.2) is 19.1 Å². The zero-order chi connectivity index (χ0) is 16.7. The van der Waals surface area contributed by atoms with Gasteiger partial charge < -0.3 is 10.6 Å². The molecule has 0 bridgehead atoms. The molecule has 1 fully saturated rings. The molecular formula is C20H26N2OS. The maximum absolute atomic E-state index is 12.1. The van der Waals surface area contributed by atoms with Crippen molar-refractivity contribution in [2.24, 2.45) is 0 Å². The third kappa shape index (κ3) is 4.38. The zero-order valence-corrected chi connectivity index (χ0v) is 14.9. The largest absolute Gasteiger partial charge is 0.338 e. The van der Waals surface area contributed by atoms with E-state index < -0.39 is 0 Å². The normalized spacial score (nSPS) is 16.0. The SMILES string of the molecule is O=C(NCCCc1ccccc1)NCC1(c2cccs2)CCCC1. The number of rotatable bonds is 7. The van der Waals surface area contributed by atoms with Gasteiger partial charge in [-0.1, -0.05) is 49.2 Å². The molecule has 2 N–H and O–H groups in total. The van der Waals surface area contributed by atoms with Gasteiger partial charge in [-0.2, -0.15) is 0 Å². The molecular weight excluding hydrogens is 316 g/mol. The van der Waals surface area contributed by atoms with E-state index in [1.165, 1.54) is 36.1 Å². The lowest BCUT2D eigenvalue weighted by atomic mass is 9.84. The molecule has 1 aliphatic carbocycles. The quantitative estimate of drug-likeness (QED) is 0.715. The third-order valence-electron chi connectivity index (χ3n) is 4.96. The van der Waals surface area contributed by atoms with E-state index in [0.717, 1.165) is 19.4 Å². The summed E-state index contributed by atoms with van der Waals surface area (Å²) in [6.07, 6.45) is 6.86. The highest BCUT2D eigenvalue weighted by molar-refractivity contribution is 7.10. The van der Waals surface area contributed by atoms with Crippen LogP contribution in [0, 0.1) is 0 Å². The molecule has 2 aromatic rings. The highest BCUT2D eigenvalue weighted by Gasteiger charge is 2.36. The Morgan fingerprint density at radius 2 is 1.83 bits per heavy atom. The molecule has 24 heavy (non-hydrogen) atoms. The molecule has 1 aromatic heterocycles. The molecule has 1 aromatic carbocycles. The fourth-order valence-electron chi connectivity index (χ4n) is 3.59. The van der Waals surface area contributed by atoms with E-state index in [2.05, 4.69) is 52.4 Å². The molecule has 3 nitrogen and oxygen atoms in total. The van der Waals surface area contributed by atoms with Crippen molar-refractivity contribution in [2.45, 2.75) is 43.9 Å². The van der Waals surface area contributed by atoms with Crippen molar-refractivity contribution < 1.29 is 4.79 Å². The fourth-order valence-corrected chi connectivity index (χ4v) is 4.58. The molecule has 0 saturated heterocycles. The Labute approximate surface area is 148 Å². The standard InChI is InChI=1S/C20H26N2OS/c23-19(21-14-6-10-17-8-2-1-3-9-17)22-16-20(12-4-5-13-20)18-11-7-15-24-18/h1-3,7-9,11,15H,4-6,10,12-14,16H2,(H2,21,22,23). The molecule has 128 valence electrons. The van der Waals surface area contributed by atoms with E-state index >= 15 is 0 Å². The van der Waals surface area contributed by atoms with Crippen LogP contribution in [0.15, 0.2) is 47.8 Å². The molecule has 0 aliphatic heterocycles. The number of carbonyl (C=O) groups is 1. The number of amides is 2. The number of benzene rings is 1. The Bertz CT molecular complexity index is 618. The van der Waals surface area contributed by atoms with Crippen molar-refractivity contribution in [2.75, 3.05) is 13.1 Å². The van der Waals surface area contributed by atoms with Crippen LogP contribution in [0.1, 0.15) is 42.5 Å². The Morgan fingerprint density at radius 3 is 2.54 bits per heavy atom. The highest BCUT2D eigenvalue weighted by Crippen LogP contribution is 2.42. The van der Waals surface area contributed by atoms with E-state index in [9.17, 15) is 4.79 Å². The highest BCUT2D eigenvalue weighted by atomic mass is 32.1. The van der Waals surface area contributed by atoms with Crippen molar-refractivity contribution >= 4 is 17.4 Å². The summed E-state index contributed by atoms with van der Waals surface area (Å²) >= 11 is 1.82. The van der Waals surface area contributed by atoms with Crippen molar-refractivity contribution in [3.05, 3.63) is 58.3 Å². The number of nitrogens with one attached hydrogen (secondary N) is 2. The van der Waals surface area contributed by atoms with E-state index in [-0.39, 0.29) is 11.4 Å². The van der Waals surface area contributed by atoms with Crippen LogP contribution in [0.5, 0.6) is 0 Å². The second-order valence-electron chi connectivity index (χ2n) is 6.66. The topological polar surface area (TPSA) is 41.1 Å². The van der Waals surface area contributed by atoms with E-state index in [1.54, 1.807) is 0 Å². The first-order chi connectivity index (χ1) is 11.8. The minimum atomic E-state index is -0.0362. The smallest absolute Gasteiger partial charge is 0.314 e. The predicted molar refractivity (Wildman–Crippen MR) is 101 cm³/mol. The summed E-state index contributed by atoms with van der Waals surface area (Å²) in [5.74, 6) is 0. The van der Waals surface area contributed by atoms with Crippen molar-refractivity contribution in [1.29, 1.82) is 0 Å². The Balaban J connectivity index is 1.40. The number of thiophene rings is 1. The van der Waals surface area contributed by atoms with Crippen LogP contribution in [-0.2, 0) is 11.8 Å². The predicted octanol–water partition coefficient (Wildman–Crippen LogP) is 4.49. The Hall–Kier alpha value is -1.81. The molecule has 4 heteroatoms. The van der Waals surface area contributed by atoms with E-state index in [4.69, 9.17) is 0 Å². The van der Waals surface area contributed by atoms with Gasteiger partial charge in [0.05, 0.1) is 0 Å². The van der Waals surface area contributed by atoms with Gasteiger partial charge in [-0.3, -0.25) is 0 Å². The molecule has 2 amide bonds. The summed E-state index contributed by atoms with van der Waals surface area (Å²) in [6, 6.07) is 14.7. The molecule has 0 radical (unpaired) electrons. The number of hydrogen-bond donors (Lipinski definition) is 2. The van der Waals surface area contributed by atoms with Gasteiger partial charge in [0, 0.05) is 23.4 Å². The monoisotopic (exact) mass is 342 g/mol. The number of aryl methyl sites for hydroxylation is 1.